The molecule has 0 bridgehead atoms. The zero-order valence-electron chi connectivity index (χ0n) is 10.4. The molecule has 0 radical (unpaired) electrons. The highest BCUT2D eigenvalue weighted by Crippen LogP contribution is 2.38. The summed E-state index contributed by atoms with van der Waals surface area (Å²) in [4.78, 5) is 4.70. The van der Waals surface area contributed by atoms with Crippen molar-refractivity contribution < 1.29 is 0 Å². The third-order valence-electron chi connectivity index (χ3n) is 3.99. The molecule has 2 aromatic rings. The largest absolute Gasteiger partial charge is 0.324 e. The number of nitrogens with zero attached hydrogens (tertiary/aromatic N) is 2. The first-order valence-corrected chi connectivity index (χ1v) is 8.04. The lowest BCUT2D eigenvalue weighted by molar-refractivity contribution is 0.408. The number of hydrogen-bond acceptors (Lipinski definition) is 1. The number of halogens is 2. The highest BCUT2D eigenvalue weighted by Gasteiger charge is 2.28. The van der Waals surface area contributed by atoms with Gasteiger partial charge in [-0.25, -0.2) is 4.98 Å². The SMILES string of the molecule is CC1CCCC1n1c(CCl)nc2cc(I)ccc21. The fraction of sp³-hybridized carbons (Fsp3) is 0.500. The Labute approximate surface area is 126 Å². The highest BCUT2D eigenvalue weighted by molar-refractivity contribution is 14.1. The minimum Gasteiger partial charge on any atom is -0.324 e. The van der Waals surface area contributed by atoms with E-state index >= 15 is 0 Å². The van der Waals surface area contributed by atoms with Crippen LogP contribution in [0.4, 0.5) is 0 Å². The molecule has 96 valence electrons. The second kappa shape index (κ2) is 5.00. The van der Waals surface area contributed by atoms with Crippen LogP contribution in [-0.4, -0.2) is 9.55 Å². The summed E-state index contributed by atoms with van der Waals surface area (Å²) >= 11 is 8.42. The second-order valence-electron chi connectivity index (χ2n) is 5.14. The van der Waals surface area contributed by atoms with Crippen molar-refractivity contribution in [2.24, 2.45) is 5.92 Å². The molecule has 0 saturated heterocycles. The van der Waals surface area contributed by atoms with Crippen LogP contribution in [0.2, 0.25) is 0 Å². The van der Waals surface area contributed by atoms with Crippen LogP contribution in [0.25, 0.3) is 11.0 Å². The highest BCUT2D eigenvalue weighted by atomic mass is 127. The van der Waals surface area contributed by atoms with Gasteiger partial charge < -0.3 is 4.57 Å². The summed E-state index contributed by atoms with van der Waals surface area (Å²) in [6.07, 6.45) is 3.89. The monoisotopic (exact) mass is 374 g/mol. The van der Waals surface area contributed by atoms with Crippen molar-refractivity contribution in [1.29, 1.82) is 0 Å². The summed E-state index contributed by atoms with van der Waals surface area (Å²) in [6.45, 7) is 2.34. The number of imidazole rings is 1. The third kappa shape index (κ3) is 2.05. The Balaban J connectivity index is 2.19. The maximum atomic E-state index is 6.08. The average molecular weight is 375 g/mol. The molecule has 0 aliphatic heterocycles. The molecule has 1 aliphatic carbocycles. The number of aromatic nitrogens is 2. The maximum Gasteiger partial charge on any atom is 0.125 e. The molecular weight excluding hydrogens is 359 g/mol. The van der Waals surface area contributed by atoms with E-state index in [0.29, 0.717) is 11.9 Å². The Morgan fingerprint density at radius 2 is 2.28 bits per heavy atom. The van der Waals surface area contributed by atoms with Crippen LogP contribution < -0.4 is 0 Å². The van der Waals surface area contributed by atoms with Crippen LogP contribution >= 0.6 is 34.2 Å². The number of benzene rings is 1. The van der Waals surface area contributed by atoms with E-state index in [1.54, 1.807) is 0 Å². The lowest BCUT2D eigenvalue weighted by Crippen LogP contribution is -2.14. The molecule has 3 rings (SSSR count). The Morgan fingerprint density at radius 1 is 1.44 bits per heavy atom. The van der Waals surface area contributed by atoms with Crippen LogP contribution in [0.3, 0.4) is 0 Å². The summed E-state index contributed by atoms with van der Waals surface area (Å²) in [7, 11) is 0. The van der Waals surface area contributed by atoms with Gasteiger partial charge in [0.1, 0.15) is 5.82 Å². The first-order chi connectivity index (χ1) is 8.70. The summed E-state index contributed by atoms with van der Waals surface area (Å²) in [5.41, 5.74) is 2.32. The van der Waals surface area contributed by atoms with Crippen molar-refractivity contribution in [3.05, 3.63) is 27.6 Å². The molecule has 0 amide bonds. The minimum atomic E-state index is 0.495. The Hall–Kier alpha value is -0.290. The van der Waals surface area contributed by atoms with E-state index < -0.39 is 0 Å². The number of rotatable bonds is 2. The molecule has 1 aromatic heterocycles. The average Bonchev–Trinajstić information content (AvgIpc) is 2.91. The van der Waals surface area contributed by atoms with Crippen molar-refractivity contribution in [3.8, 4) is 0 Å². The van der Waals surface area contributed by atoms with Gasteiger partial charge in [0.2, 0.25) is 0 Å². The zero-order valence-corrected chi connectivity index (χ0v) is 13.3. The summed E-state index contributed by atoms with van der Waals surface area (Å²) < 4.78 is 3.61. The molecule has 1 heterocycles. The van der Waals surface area contributed by atoms with Gasteiger partial charge in [-0.3, -0.25) is 0 Å². The van der Waals surface area contributed by atoms with Gasteiger partial charge in [-0.1, -0.05) is 13.3 Å². The zero-order chi connectivity index (χ0) is 12.7. The molecule has 0 spiro atoms. The second-order valence-corrected chi connectivity index (χ2v) is 6.65. The smallest absolute Gasteiger partial charge is 0.125 e. The predicted octanol–water partition coefficient (Wildman–Crippen LogP) is 4.74. The summed E-state index contributed by atoms with van der Waals surface area (Å²) in [5.74, 6) is 2.24. The van der Waals surface area contributed by atoms with Crippen molar-refractivity contribution in [1.82, 2.24) is 9.55 Å². The van der Waals surface area contributed by atoms with Crippen molar-refractivity contribution in [2.45, 2.75) is 38.1 Å². The lowest BCUT2D eigenvalue weighted by Gasteiger charge is -2.20. The summed E-state index contributed by atoms with van der Waals surface area (Å²) in [6, 6.07) is 7.05. The van der Waals surface area contributed by atoms with Crippen LogP contribution in [0.15, 0.2) is 18.2 Å². The molecule has 4 heteroatoms. The fourth-order valence-electron chi connectivity index (χ4n) is 3.10. The van der Waals surface area contributed by atoms with E-state index in [1.807, 2.05) is 0 Å². The van der Waals surface area contributed by atoms with Crippen molar-refractivity contribution in [2.75, 3.05) is 0 Å². The Bertz CT molecular complexity index is 578. The molecule has 1 aliphatic rings. The Kier molecular flexibility index (Phi) is 3.54. The number of fused-ring (bicyclic) bond motifs is 1. The van der Waals surface area contributed by atoms with E-state index in [-0.39, 0.29) is 0 Å². The van der Waals surface area contributed by atoms with Crippen molar-refractivity contribution in [3.63, 3.8) is 0 Å². The number of hydrogen-bond donors (Lipinski definition) is 0. The van der Waals surface area contributed by atoms with Crippen molar-refractivity contribution >= 4 is 45.2 Å². The molecule has 1 aromatic carbocycles. The van der Waals surface area contributed by atoms with E-state index in [4.69, 9.17) is 16.6 Å². The standard InChI is InChI=1S/C14H16ClIN2/c1-9-3-2-4-12(9)18-13-6-5-10(16)7-11(13)17-14(18)8-15/h5-7,9,12H,2-4,8H2,1H3. The van der Waals surface area contributed by atoms with Gasteiger partial charge in [0.05, 0.1) is 16.9 Å². The molecule has 0 N–H and O–H groups in total. The van der Waals surface area contributed by atoms with Gasteiger partial charge in [0.25, 0.3) is 0 Å². The summed E-state index contributed by atoms with van der Waals surface area (Å²) in [5, 5.41) is 0. The van der Waals surface area contributed by atoms with E-state index in [0.717, 1.165) is 17.3 Å². The predicted molar refractivity (Wildman–Crippen MR) is 84.1 cm³/mol. The first-order valence-electron chi connectivity index (χ1n) is 6.43. The van der Waals surface area contributed by atoms with Gasteiger partial charge in [-0.05, 0) is 59.5 Å². The van der Waals surface area contributed by atoms with Gasteiger partial charge in [0.15, 0.2) is 0 Å². The van der Waals surface area contributed by atoms with E-state index in [9.17, 15) is 0 Å². The van der Waals surface area contributed by atoms with Crippen LogP contribution in [0, 0.1) is 9.49 Å². The quantitative estimate of drug-likeness (QED) is 0.548. The van der Waals surface area contributed by atoms with Gasteiger partial charge in [-0.2, -0.15) is 0 Å². The van der Waals surface area contributed by atoms with Gasteiger partial charge in [-0.15, -0.1) is 11.6 Å². The van der Waals surface area contributed by atoms with Gasteiger partial charge >= 0.3 is 0 Å². The fourth-order valence-corrected chi connectivity index (χ4v) is 3.76. The van der Waals surface area contributed by atoms with Crippen LogP contribution in [0.1, 0.15) is 38.1 Å². The molecule has 2 unspecified atom stereocenters. The molecule has 2 atom stereocenters. The Morgan fingerprint density at radius 3 is 2.94 bits per heavy atom. The first kappa shape index (κ1) is 12.7. The molecular formula is C14H16ClIN2. The topological polar surface area (TPSA) is 17.8 Å². The maximum absolute atomic E-state index is 6.08. The van der Waals surface area contributed by atoms with Crippen LogP contribution in [0.5, 0.6) is 0 Å². The normalized spacial score (nSPS) is 23.9. The molecule has 1 fully saturated rings. The molecule has 1 saturated carbocycles. The van der Waals surface area contributed by atoms with E-state index in [1.165, 1.54) is 28.3 Å². The van der Waals surface area contributed by atoms with Crippen LogP contribution in [-0.2, 0) is 5.88 Å². The number of alkyl halides is 1. The molecule has 2 nitrogen and oxygen atoms in total. The third-order valence-corrected chi connectivity index (χ3v) is 4.90. The lowest BCUT2D eigenvalue weighted by atomic mass is 10.1. The molecule has 18 heavy (non-hydrogen) atoms. The minimum absolute atomic E-state index is 0.495. The van der Waals surface area contributed by atoms with E-state index in [2.05, 4.69) is 52.3 Å². The van der Waals surface area contributed by atoms with Gasteiger partial charge in [0, 0.05) is 9.61 Å².